The first kappa shape index (κ1) is 23.9. The Balaban J connectivity index is 1.40. The van der Waals surface area contributed by atoms with E-state index < -0.39 is 24.5 Å². The van der Waals surface area contributed by atoms with E-state index in [1.54, 1.807) is 42.3 Å². The third-order valence-corrected chi connectivity index (χ3v) is 6.22. The van der Waals surface area contributed by atoms with Gasteiger partial charge in [0.15, 0.2) is 23.2 Å². The molecule has 186 valence electrons. The van der Waals surface area contributed by atoms with Crippen molar-refractivity contribution >= 4 is 22.9 Å². The second kappa shape index (κ2) is 10.4. The van der Waals surface area contributed by atoms with Crippen molar-refractivity contribution in [2.24, 2.45) is 0 Å². The molecule has 1 aliphatic rings. The number of carbonyl (C=O) groups excluding carboxylic acids is 1. The molecule has 1 aliphatic heterocycles. The van der Waals surface area contributed by atoms with Gasteiger partial charge in [-0.05, 0) is 36.2 Å². The number of carbonyl (C=O) groups is 1. The molecule has 2 aromatic heterocycles. The Morgan fingerprint density at radius 1 is 1.11 bits per heavy atom. The van der Waals surface area contributed by atoms with Crippen molar-refractivity contribution in [2.45, 2.75) is 44.5 Å². The normalized spacial score (nSPS) is 21.5. The number of anilines is 1. The topological polar surface area (TPSA) is 121 Å². The molecule has 2 aromatic carbocycles. The van der Waals surface area contributed by atoms with E-state index in [-0.39, 0.29) is 18.3 Å². The molecule has 0 radical (unpaired) electrons. The molecule has 5 rings (SSSR count). The molecule has 1 amide bonds. The highest BCUT2D eigenvalue weighted by atomic mass is 16.6. The zero-order valence-corrected chi connectivity index (χ0v) is 19.9. The van der Waals surface area contributed by atoms with Crippen molar-refractivity contribution in [2.75, 3.05) is 12.4 Å². The lowest BCUT2D eigenvalue weighted by molar-refractivity contribution is -0.0736. The van der Waals surface area contributed by atoms with E-state index >= 15 is 0 Å². The van der Waals surface area contributed by atoms with E-state index in [1.807, 2.05) is 37.3 Å². The van der Waals surface area contributed by atoms with Gasteiger partial charge in [-0.3, -0.25) is 9.36 Å². The van der Waals surface area contributed by atoms with E-state index in [0.29, 0.717) is 23.1 Å². The maximum atomic E-state index is 12.7. The van der Waals surface area contributed by atoms with Crippen molar-refractivity contribution < 1.29 is 24.1 Å². The van der Waals surface area contributed by atoms with E-state index in [0.717, 1.165) is 11.3 Å². The number of hydrogen-bond donors (Lipinski definition) is 2. The molecule has 0 bridgehead atoms. The maximum absolute atomic E-state index is 12.7. The number of nitrogens with zero attached hydrogens (tertiary/aromatic N) is 4. The molecule has 4 atom stereocenters. The second-order valence-corrected chi connectivity index (χ2v) is 8.45. The molecule has 0 spiro atoms. The molecule has 0 aliphatic carbocycles. The van der Waals surface area contributed by atoms with Crippen LogP contribution in [0.3, 0.4) is 0 Å². The van der Waals surface area contributed by atoms with Crippen LogP contribution >= 0.6 is 0 Å². The van der Waals surface area contributed by atoms with Gasteiger partial charge in [-0.15, -0.1) is 0 Å². The zero-order chi connectivity index (χ0) is 25.1. The van der Waals surface area contributed by atoms with Crippen LogP contribution in [0.2, 0.25) is 0 Å². The summed E-state index contributed by atoms with van der Waals surface area (Å²) in [5.74, 6) is 0.741. The summed E-state index contributed by atoms with van der Waals surface area (Å²) in [6, 6.07) is 16.4. The fraction of sp³-hybridized carbons (Fsp3) is 0.308. The summed E-state index contributed by atoms with van der Waals surface area (Å²) in [4.78, 5) is 25.7. The summed E-state index contributed by atoms with van der Waals surface area (Å²) in [5, 5.41) is 13.8. The predicted molar refractivity (Wildman–Crippen MR) is 131 cm³/mol. The van der Waals surface area contributed by atoms with Gasteiger partial charge in [-0.25, -0.2) is 15.0 Å². The lowest BCUT2D eigenvalue weighted by Crippen LogP contribution is -2.34. The standard InChI is InChI=1S/C26H27N5O5/c1-3-19-21(32)22(35-13-16-9-11-18(34-2)12-10-16)26(36-19)31-15-29-20-23(27-14-28-24(20)31)30-25(33)17-7-5-4-6-8-17/h4-12,14-15,19,21-22,26,32H,3,13H2,1-2H3,(H,27,28,30,33)/t19-,21-,22-,26-/m1/s1. The van der Waals surface area contributed by atoms with E-state index in [4.69, 9.17) is 14.2 Å². The summed E-state index contributed by atoms with van der Waals surface area (Å²) < 4.78 is 19.3. The molecule has 1 fully saturated rings. The molecule has 4 aromatic rings. The van der Waals surface area contributed by atoms with Crippen LogP contribution in [0.4, 0.5) is 5.82 Å². The van der Waals surface area contributed by atoms with Crippen LogP contribution in [0.25, 0.3) is 11.2 Å². The first-order chi connectivity index (χ1) is 17.6. The van der Waals surface area contributed by atoms with Gasteiger partial charge < -0.3 is 24.6 Å². The van der Waals surface area contributed by atoms with Crippen LogP contribution in [0.1, 0.15) is 35.5 Å². The molecule has 10 heteroatoms. The number of ether oxygens (including phenoxy) is 3. The Kier molecular flexibility index (Phi) is 6.90. The third kappa shape index (κ3) is 4.66. The Labute approximate surface area is 207 Å². The first-order valence-electron chi connectivity index (χ1n) is 11.7. The number of hydrogen-bond acceptors (Lipinski definition) is 8. The minimum absolute atomic E-state index is 0.280. The van der Waals surface area contributed by atoms with Gasteiger partial charge in [-0.2, -0.15) is 0 Å². The van der Waals surface area contributed by atoms with Crippen molar-refractivity contribution in [3.8, 4) is 5.75 Å². The number of aromatic nitrogens is 4. The van der Waals surface area contributed by atoms with Crippen LogP contribution < -0.4 is 10.1 Å². The number of methoxy groups -OCH3 is 1. The van der Waals surface area contributed by atoms with Crippen LogP contribution in [0.5, 0.6) is 5.75 Å². The van der Waals surface area contributed by atoms with E-state index in [9.17, 15) is 9.90 Å². The van der Waals surface area contributed by atoms with Crippen LogP contribution in [0, 0.1) is 0 Å². The maximum Gasteiger partial charge on any atom is 0.256 e. The van der Waals surface area contributed by atoms with Gasteiger partial charge in [0, 0.05) is 5.56 Å². The first-order valence-corrected chi connectivity index (χ1v) is 11.7. The fourth-order valence-corrected chi connectivity index (χ4v) is 4.27. The fourth-order valence-electron chi connectivity index (χ4n) is 4.27. The molecule has 0 saturated carbocycles. The van der Waals surface area contributed by atoms with Crippen LogP contribution in [-0.2, 0) is 16.1 Å². The highest BCUT2D eigenvalue weighted by Crippen LogP contribution is 2.36. The highest BCUT2D eigenvalue weighted by molar-refractivity contribution is 6.06. The van der Waals surface area contributed by atoms with Crippen LogP contribution in [0.15, 0.2) is 67.3 Å². The summed E-state index contributed by atoms with van der Waals surface area (Å²) in [7, 11) is 1.62. The van der Waals surface area contributed by atoms with Crippen molar-refractivity contribution in [3.05, 3.63) is 78.4 Å². The highest BCUT2D eigenvalue weighted by Gasteiger charge is 2.45. The lowest BCUT2D eigenvalue weighted by atomic mass is 10.1. The van der Waals surface area contributed by atoms with Gasteiger partial charge in [0.1, 0.15) is 24.3 Å². The molecular weight excluding hydrogens is 462 g/mol. The summed E-state index contributed by atoms with van der Waals surface area (Å²) in [6.45, 7) is 2.23. The average molecular weight is 490 g/mol. The minimum atomic E-state index is -0.838. The monoisotopic (exact) mass is 489 g/mol. The quantitative estimate of drug-likeness (QED) is 0.387. The molecule has 10 nitrogen and oxygen atoms in total. The Morgan fingerprint density at radius 3 is 2.61 bits per heavy atom. The van der Waals surface area contributed by atoms with Crippen LogP contribution in [-0.4, -0.2) is 56.0 Å². The van der Waals surface area contributed by atoms with Crippen molar-refractivity contribution in [3.63, 3.8) is 0 Å². The number of aliphatic hydroxyl groups excluding tert-OH is 1. The number of aliphatic hydroxyl groups is 1. The Bertz CT molecular complexity index is 1330. The van der Waals surface area contributed by atoms with Crippen molar-refractivity contribution in [1.29, 1.82) is 0 Å². The molecule has 36 heavy (non-hydrogen) atoms. The van der Waals surface area contributed by atoms with Gasteiger partial charge in [-0.1, -0.05) is 37.3 Å². The van der Waals surface area contributed by atoms with E-state index in [1.165, 1.54) is 6.33 Å². The molecule has 2 N–H and O–H groups in total. The lowest BCUT2D eigenvalue weighted by Gasteiger charge is -2.22. The summed E-state index contributed by atoms with van der Waals surface area (Å²) in [5.41, 5.74) is 2.31. The second-order valence-electron chi connectivity index (χ2n) is 8.45. The molecular formula is C26H27N5O5. The van der Waals surface area contributed by atoms with Gasteiger partial charge in [0.05, 0.1) is 26.1 Å². The number of benzene rings is 2. The molecule has 1 saturated heterocycles. The van der Waals surface area contributed by atoms with Gasteiger partial charge in [0.2, 0.25) is 0 Å². The smallest absolute Gasteiger partial charge is 0.256 e. The Hall–Kier alpha value is -3.86. The van der Waals surface area contributed by atoms with E-state index in [2.05, 4.69) is 20.3 Å². The van der Waals surface area contributed by atoms with Gasteiger partial charge in [0.25, 0.3) is 5.91 Å². The van der Waals surface area contributed by atoms with Crippen molar-refractivity contribution in [1.82, 2.24) is 19.5 Å². The Morgan fingerprint density at radius 2 is 1.89 bits per heavy atom. The zero-order valence-electron chi connectivity index (χ0n) is 19.9. The number of nitrogens with one attached hydrogen (secondary N) is 1. The number of amides is 1. The molecule has 3 heterocycles. The molecule has 0 unspecified atom stereocenters. The minimum Gasteiger partial charge on any atom is -0.497 e. The number of fused-ring (bicyclic) bond motifs is 1. The summed E-state index contributed by atoms with van der Waals surface area (Å²) >= 11 is 0. The SMILES string of the molecule is CC[C@H]1O[C@@H](n2cnc3c(NC(=O)c4ccccc4)ncnc32)[C@H](OCc2ccc(OC)cc2)[C@@H]1O. The predicted octanol–water partition coefficient (Wildman–Crippen LogP) is 3.34. The number of imidazole rings is 1. The largest absolute Gasteiger partial charge is 0.497 e. The third-order valence-electron chi connectivity index (χ3n) is 6.22. The average Bonchev–Trinajstić information content (AvgIpc) is 3.49. The summed E-state index contributed by atoms with van der Waals surface area (Å²) in [6.07, 6.45) is 0.961. The number of rotatable bonds is 8. The van der Waals surface area contributed by atoms with Gasteiger partial charge >= 0.3 is 0 Å².